The molecule has 1 fully saturated rings. The number of likely N-dealkylation sites (tertiary alicyclic amines) is 1. The van der Waals surface area contributed by atoms with E-state index in [4.69, 9.17) is 5.14 Å². The summed E-state index contributed by atoms with van der Waals surface area (Å²) in [6.07, 6.45) is 4.72. The molecule has 1 aromatic rings. The number of rotatable bonds is 5. The van der Waals surface area contributed by atoms with Crippen molar-refractivity contribution in [2.45, 2.75) is 50.1 Å². The van der Waals surface area contributed by atoms with E-state index in [1.165, 1.54) is 25.0 Å². The van der Waals surface area contributed by atoms with Crippen LogP contribution >= 0.6 is 0 Å². The largest absolute Gasteiger partial charge is 0.351 e. The van der Waals surface area contributed by atoms with Crippen LogP contribution in [0.15, 0.2) is 29.2 Å². The molecule has 128 valence electrons. The van der Waals surface area contributed by atoms with Gasteiger partial charge in [0.15, 0.2) is 0 Å². The molecule has 6 nitrogen and oxygen atoms in total. The minimum atomic E-state index is -3.72. The van der Waals surface area contributed by atoms with Gasteiger partial charge in [-0.3, -0.25) is 9.69 Å². The third-order valence-corrected chi connectivity index (χ3v) is 5.17. The van der Waals surface area contributed by atoms with Gasteiger partial charge < -0.3 is 5.32 Å². The first-order valence-electron chi connectivity index (χ1n) is 8.01. The smallest absolute Gasteiger partial charge is 0.238 e. The lowest BCUT2D eigenvalue weighted by Gasteiger charge is -2.26. The molecular formula is C16H25N3O3S. The van der Waals surface area contributed by atoms with Crippen molar-refractivity contribution >= 4 is 15.9 Å². The van der Waals surface area contributed by atoms with Crippen LogP contribution in [0.1, 0.15) is 38.2 Å². The number of carbonyl (C=O) groups excluding carboxylic acids is 1. The van der Waals surface area contributed by atoms with Crippen LogP contribution in [0.5, 0.6) is 0 Å². The summed E-state index contributed by atoms with van der Waals surface area (Å²) in [5.74, 6) is -0.0343. The highest BCUT2D eigenvalue weighted by Crippen LogP contribution is 2.13. The number of nitrogens with two attached hydrogens (primary N) is 1. The van der Waals surface area contributed by atoms with Crippen LogP contribution in [0, 0.1) is 0 Å². The summed E-state index contributed by atoms with van der Waals surface area (Å²) in [4.78, 5) is 14.6. The standard InChI is InChI=1S/C16H25N3O3S/c1-13(19-9-4-2-3-5-10-19)16(20)18-12-14-7-6-8-15(11-14)23(17,21)22/h6-8,11,13H,2-5,9-10,12H2,1H3,(H,18,20)(H2,17,21,22)/t13-/m1/s1. The number of primary sulfonamides is 1. The van der Waals surface area contributed by atoms with E-state index in [9.17, 15) is 13.2 Å². The molecule has 1 aromatic carbocycles. The Balaban J connectivity index is 1.93. The fourth-order valence-corrected chi connectivity index (χ4v) is 3.40. The maximum atomic E-state index is 12.3. The van der Waals surface area contributed by atoms with Crippen molar-refractivity contribution in [1.82, 2.24) is 10.2 Å². The number of nitrogens with zero attached hydrogens (tertiary/aromatic N) is 1. The predicted molar refractivity (Wildman–Crippen MR) is 89.2 cm³/mol. The molecule has 1 saturated heterocycles. The molecule has 0 unspecified atom stereocenters. The van der Waals surface area contributed by atoms with Crippen molar-refractivity contribution in [1.29, 1.82) is 0 Å². The molecule has 1 amide bonds. The van der Waals surface area contributed by atoms with Crippen molar-refractivity contribution in [3.8, 4) is 0 Å². The molecule has 0 aliphatic carbocycles. The average molecular weight is 339 g/mol. The van der Waals surface area contributed by atoms with Gasteiger partial charge in [0, 0.05) is 6.54 Å². The minimum Gasteiger partial charge on any atom is -0.351 e. The molecule has 0 saturated carbocycles. The van der Waals surface area contributed by atoms with Crippen LogP contribution in [-0.2, 0) is 21.4 Å². The number of sulfonamides is 1. The average Bonchev–Trinajstić information content (AvgIpc) is 2.80. The van der Waals surface area contributed by atoms with E-state index in [1.54, 1.807) is 12.1 Å². The Morgan fingerprint density at radius 3 is 2.52 bits per heavy atom. The SMILES string of the molecule is C[C@H](C(=O)NCc1cccc(S(N)(=O)=O)c1)N1CCCCCC1. The third-order valence-electron chi connectivity index (χ3n) is 4.26. The van der Waals surface area contributed by atoms with Crippen molar-refractivity contribution in [3.63, 3.8) is 0 Å². The number of benzene rings is 1. The summed E-state index contributed by atoms with van der Waals surface area (Å²) >= 11 is 0. The summed E-state index contributed by atoms with van der Waals surface area (Å²) in [6, 6.07) is 6.16. The van der Waals surface area contributed by atoms with E-state index in [1.807, 2.05) is 6.92 Å². The van der Waals surface area contributed by atoms with Crippen LogP contribution in [0.25, 0.3) is 0 Å². The van der Waals surface area contributed by atoms with E-state index >= 15 is 0 Å². The van der Waals surface area contributed by atoms with Crippen LogP contribution in [0.3, 0.4) is 0 Å². The fourth-order valence-electron chi connectivity index (χ4n) is 2.82. The van der Waals surface area contributed by atoms with Gasteiger partial charge in [-0.25, -0.2) is 13.6 Å². The topological polar surface area (TPSA) is 92.5 Å². The zero-order chi connectivity index (χ0) is 16.9. The van der Waals surface area contributed by atoms with Crippen LogP contribution in [0.4, 0.5) is 0 Å². The Hall–Kier alpha value is -1.44. The second kappa shape index (κ2) is 7.90. The Morgan fingerprint density at radius 1 is 1.26 bits per heavy atom. The van der Waals surface area contributed by atoms with Gasteiger partial charge in [-0.05, 0) is 50.6 Å². The normalized spacial score (nSPS) is 18.2. The van der Waals surface area contributed by atoms with Gasteiger partial charge in [-0.15, -0.1) is 0 Å². The third kappa shape index (κ3) is 5.30. The van der Waals surface area contributed by atoms with E-state index in [-0.39, 0.29) is 16.8 Å². The van der Waals surface area contributed by atoms with Gasteiger partial charge >= 0.3 is 0 Å². The summed E-state index contributed by atoms with van der Waals surface area (Å²) < 4.78 is 22.7. The molecule has 1 aliphatic heterocycles. The number of nitrogens with one attached hydrogen (secondary N) is 1. The van der Waals surface area contributed by atoms with Gasteiger partial charge in [0.2, 0.25) is 15.9 Å². The van der Waals surface area contributed by atoms with Crippen LogP contribution < -0.4 is 10.5 Å². The van der Waals surface area contributed by atoms with Crippen molar-refractivity contribution in [2.75, 3.05) is 13.1 Å². The Morgan fingerprint density at radius 2 is 1.91 bits per heavy atom. The predicted octanol–water partition coefficient (Wildman–Crippen LogP) is 1.21. The van der Waals surface area contributed by atoms with Crippen LogP contribution in [0.2, 0.25) is 0 Å². The fraction of sp³-hybridized carbons (Fsp3) is 0.562. The second-order valence-electron chi connectivity index (χ2n) is 6.04. The molecule has 1 atom stereocenters. The van der Waals surface area contributed by atoms with Gasteiger partial charge in [0.1, 0.15) is 0 Å². The number of hydrogen-bond donors (Lipinski definition) is 2. The summed E-state index contributed by atoms with van der Waals surface area (Å²) in [7, 11) is -3.72. The monoisotopic (exact) mass is 339 g/mol. The highest BCUT2D eigenvalue weighted by Gasteiger charge is 2.21. The first kappa shape index (κ1) is 17.9. The van der Waals surface area contributed by atoms with Gasteiger partial charge in [0.25, 0.3) is 0 Å². The summed E-state index contributed by atoms with van der Waals surface area (Å²) in [6.45, 7) is 4.12. The molecule has 0 bridgehead atoms. The molecule has 0 spiro atoms. The van der Waals surface area contributed by atoms with Gasteiger partial charge in [-0.2, -0.15) is 0 Å². The molecule has 1 aliphatic rings. The molecular weight excluding hydrogens is 314 g/mol. The molecule has 23 heavy (non-hydrogen) atoms. The van der Waals surface area contributed by atoms with E-state index < -0.39 is 10.0 Å². The first-order chi connectivity index (χ1) is 10.9. The van der Waals surface area contributed by atoms with Gasteiger partial charge in [0.05, 0.1) is 10.9 Å². The maximum absolute atomic E-state index is 12.3. The molecule has 3 N–H and O–H groups in total. The van der Waals surface area contributed by atoms with Crippen molar-refractivity contribution < 1.29 is 13.2 Å². The molecule has 1 heterocycles. The van der Waals surface area contributed by atoms with Crippen molar-refractivity contribution in [2.24, 2.45) is 5.14 Å². The molecule has 0 radical (unpaired) electrons. The van der Waals surface area contributed by atoms with Crippen LogP contribution in [-0.4, -0.2) is 38.4 Å². The number of hydrogen-bond acceptors (Lipinski definition) is 4. The minimum absolute atomic E-state index is 0.0343. The molecule has 2 rings (SSSR count). The Bertz CT molecular complexity index is 638. The maximum Gasteiger partial charge on any atom is 0.238 e. The summed E-state index contributed by atoms with van der Waals surface area (Å²) in [5, 5.41) is 8.00. The van der Waals surface area contributed by atoms with E-state index in [0.717, 1.165) is 25.9 Å². The van der Waals surface area contributed by atoms with E-state index in [2.05, 4.69) is 10.2 Å². The lowest BCUT2D eigenvalue weighted by molar-refractivity contribution is -0.126. The molecule has 7 heteroatoms. The second-order valence-corrected chi connectivity index (χ2v) is 7.60. The highest BCUT2D eigenvalue weighted by molar-refractivity contribution is 7.89. The van der Waals surface area contributed by atoms with E-state index in [0.29, 0.717) is 12.1 Å². The quantitative estimate of drug-likeness (QED) is 0.843. The lowest BCUT2D eigenvalue weighted by Crippen LogP contribution is -2.45. The number of amides is 1. The zero-order valence-corrected chi connectivity index (χ0v) is 14.3. The first-order valence-corrected chi connectivity index (χ1v) is 9.56. The Kier molecular flexibility index (Phi) is 6.15. The zero-order valence-electron chi connectivity index (χ0n) is 13.5. The lowest BCUT2D eigenvalue weighted by atomic mass is 10.2. The van der Waals surface area contributed by atoms with Crippen molar-refractivity contribution in [3.05, 3.63) is 29.8 Å². The number of carbonyl (C=O) groups is 1. The Labute approximate surface area is 138 Å². The highest BCUT2D eigenvalue weighted by atomic mass is 32.2. The summed E-state index contributed by atoms with van der Waals surface area (Å²) in [5.41, 5.74) is 0.716. The molecule has 0 aromatic heterocycles. The van der Waals surface area contributed by atoms with Gasteiger partial charge in [-0.1, -0.05) is 25.0 Å².